The molecule has 2 atom stereocenters. The summed E-state index contributed by atoms with van der Waals surface area (Å²) in [7, 11) is 0. The van der Waals surface area contributed by atoms with Crippen LogP contribution in [0.3, 0.4) is 0 Å². The van der Waals surface area contributed by atoms with Crippen LogP contribution in [0.2, 0.25) is 0 Å². The van der Waals surface area contributed by atoms with E-state index < -0.39 is 0 Å². The zero-order valence-corrected chi connectivity index (χ0v) is 17.8. The van der Waals surface area contributed by atoms with E-state index >= 15 is 0 Å². The summed E-state index contributed by atoms with van der Waals surface area (Å²) in [4.78, 5) is 9.81. The van der Waals surface area contributed by atoms with Crippen molar-refractivity contribution < 1.29 is 8.91 Å². The lowest BCUT2D eigenvalue weighted by Gasteiger charge is -2.35. The summed E-state index contributed by atoms with van der Waals surface area (Å²) < 4.78 is 19.1. The van der Waals surface area contributed by atoms with E-state index in [0.29, 0.717) is 23.3 Å². The van der Waals surface area contributed by atoms with Gasteiger partial charge >= 0.3 is 0 Å². The second-order valence-electron chi connectivity index (χ2n) is 8.78. The van der Waals surface area contributed by atoms with Crippen LogP contribution in [-0.4, -0.2) is 58.7 Å². The summed E-state index contributed by atoms with van der Waals surface area (Å²) in [6.07, 6.45) is 4.54. The van der Waals surface area contributed by atoms with E-state index in [4.69, 9.17) is 4.52 Å². The number of piperidine rings is 1. The van der Waals surface area contributed by atoms with Gasteiger partial charge in [-0.25, -0.2) is 4.39 Å². The zero-order chi connectivity index (χ0) is 21.0. The van der Waals surface area contributed by atoms with Gasteiger partial charge in [0.1, 0.15) is 5.82 Å². The minimum atomic E-state index is -0.286. The molecule has 0 amide bonds. The highest BCUT2D eigenvalue weighted by molar-refractivity contribution is 5.53. The molecule has 6 heteroatoms. The molecular weight excluding hydrogens is 391 g/mol. The van der Waals surface area contributed by atoms with Crippen molar-refractivity contribution in [2.45, 2.75) is 37.6 Å². The Hall–Kier alpha value is -2.57. The maximum absolute atomic E-state index is 13.5. The molecule has 2 saturated heterocycles. The van der Waals surface area contributed by atoms with Crippen LogP contribution in [0.15, 0.2) is 59.1 Å². The number of aromatic nitrogens is 2. The Morgan fingerprint density at radius 2 is 1.90 bits per heavy atom. The zero-order valence-electron chi connectivity index (χ0n) is 17.8. The second kappa shape index (κ2) is 9.28. The third kappa shape index (κ3) is 4.86. The molecule has 2 fully saturated rings. The quantitative estimate of drug-likeness (QED) is 0.593. The Kier molecular flexibility index (Phi) is 6.09. The first kappa shape index (κ1) is 20.3. The minimum Gasteiger partial charge on any atom is -0.339 e. The van der Waals surface area contributed by atoms with E-state index in [1.165, 1.54) is 30.7 Å². The first-order chi connectivity index (χ1) is 15.2. The van der Waals surface area contributed by atoms with Crippen LogP contribution >= 0.6 is 0 Å². The van der Waals surface area contributed by atoms with Gasteiger partial charge in [-0.2, -0.15) is 4.98 Å². The monoisotopic (exact) mass is 420 g/mol. The smallest absolute Gasteiger partial charge is 0.231 e. The highest BCUT2D eigenvalue weighted by Crippen LogP contribution is 2.30. The lowest BCUT2D eigenvalue weighted by molar-refractivity contribution is 0.136. The molecule has 2 aliphatic rings. The van der Waals surface area contributed by atoms with Crippen molar-refractivity contribution in [2.24, 2.45) is 0 Å². The maximum atomic E-state index is 13.5. The number of likely N-dealkylation sites (tertiary alicyclic amines) is 2. The Balaban J connectivity index is 1.17. The number of rotatable bonds is 6. The van der Waals surface area contributed by atoms with Crippen LogP contribution in [-0.2, 0) is 6.42 Å². The Labute approximate surface area is 182 Å². The molecule has 1 aromatic heterocycles. The molecule has 2 aromatic carbocycles. The average molecular weight is 421 g/mol. The number of halogens is 1. The molecule has 0 bridgehead atoms. The molecule has 0 N–H and O–H groups in total. The van der Waals surface area contributed by atoms with E-state index in [0.717, 1.165) is 45.4 Å². The fraction of sp³-hybridized carbons (Fsp3) is 0.440. The fourth-order valence-corrected chi connectivity index (χ4v) is 4.93. The predicted octanol–water partition coefficient (Wildman–Crippen LogP) is 4.37. The molecule has 0 unspecified atom stereocenters. The molecular formula is C25H29FN4O. The minimum absolute atomic E-state index is 0.252. The van der Waals surface area contributed by atoms with Crippen molar-refractivity contribution >= 4 is 0 Å². The number of nitrogens with zero attached hydrogens (tertiary/aromatic N) is 4. The summed E-state index contributed by atoms with van der Waals surface area (Å²) in [6.45, 7) is 5.53. The van der Waals surface area contributed by atoms with Crippen LogP contribution < -0.4 is 0 Å². The van der Waals surface area contributed by atoms with Crippen molar-refractivity contribution in [3.63, 3.8) is 0 Å². The molecule has 3 aromatic rings. The first-order valence-electron chi connectivity index (χ1n) is 11.3. The van der Waals surface area contributed by atoms with Gasteiger partial charge in [-0.1, -0.05) is 47.6 Å². The van der Waals surface area contributed by atoms with Gasteiger partial charge in [0.25, 0.3) is 0 Å². The topological polar surface area (TPSA) is 45.4 Å². The second-order valence-corrected chi connectivity index (χ2v) is 8.78. The average Bonchev–Trinajstić information content (AvgIpc) is 3.49. The van der Waals surface area contributed by atoms with Gasteiger partial charge in [0, 0.05) is 31.2 Å². The van der Waals surface area contributed by atoms with Crippen LogP contribution in [0.25, 0.3) is 11.4 Å². The lowest BCUT2D eigenvalue weighted by atomic mass is 9.96. The summed E-state index contributed by atoms with van der Waals surface area (Å²) in [6, 6.07) is 17.7. The predicted molar refractivity (Wildman–Crippen MR) is 118 cm³/mol. The Morgan fingerprint density at radius 3 is 2.77 bits per heavy atom. The lowest BCUT2D eigenvalue weighted by Crippen LogP contribution is -2.43. The fourth-order valence-electron chi connectivity index (χ4n) is 4.93. The van der Waals surface area contributed by atoms with Crippen LogP contribution in [0, 0.1) is 5.82 Å². The van der Waals surface area contributed by atoms with Gasteiger partial charge < -0.3 is 9.42 Å². The molecule has 2 aliphatic heterocycles. The third-order valence-electron chi connectivity index (χ3n) is 6.65. The SMILES string of the molecule is Fc1cccc(-c2noc([C@H]3CCCN([C@H]4CCN(CCc5ccccc5)C4)C3)n2)c1. The Bertz CT molecular complexity index is 992. The number of hydrogen-bond acceptors (Lipinski definition) is 5. The molecule has 31 heavy (non-hydrogen) atoms. The summed E-state index contributed by atoms with van der Waals surface area (Å²) in [5.41, 5.74) is 2.07. The van der Waals surface area contributed by atoms with Crippen LogP contribution in [0.5, 0.6) is 0 Å². The molecule has 0 aliphatic carbocycles. The molecule has 3 heterocycles. The van der Waals surface area contributed by atoms with Crippen molar-refractivity contribution in [1.82, 2.24) is 19.9 Å². The highest BCUT2D eigenvalue weighted by Gasteiger charge is 2.33. The van der Waals surface area contributed by atoms with E-state index in [9.17, 15) is 4.39 Å². The van der Waals surface area contributed by atoms with Crippen molar-refractivity contribution in [3.05, 3.63) is 71.9 Å². The van der Waals surface area contributed by atoms with E-state index in [1.54, 1.807) is 6.07 Å². The number of hydrogen-bond donors (Lipinski definition) is 0. The highest BCUT2D eigenvalue weighted by atomic mass is 19.1. The van der Waals surface area contributed by atoms with E-state index in [1.807, 2.05) is 6.07 Å². The van der Waals surface area contributed by atoms with Gasteiger partial charge in [0.05, 0.1) is 5.92 Å². The molecule has 0 spiro atoms. The van der Waals surface area contributed by atoms with Gasteiger partial charge in [0.15, 0.2) is 0 Å². The summed E-state index contributed by atoms with van der Waals surface area (Å²) in [5, 5.41) is 4.11. The van der Waals surface area contributed by atoms with Crippen LogP contribution in [0.1, 0.15) is 36.6 Å². The van der Waals surface area contributed by atoms with Gasteiger partial charge in [-0.05, 0) is 56.5 Å². The van der Waals surface area contributed by atoms with E-state index in [2.05, 4.69) is 50.3 Å². The van der Waals surface area contributed by atoms with Crippen molar-refractivity contribution in [1.29, 1.82) is 0 Å². The van der Waals surface area contributed by atoms with Crippen molar-refractivity contribution in [3.8, 4) is 11.4 Å². The van der Waals surface area contributed by atoms with Gasteiger partial charge in [-0.15, -0.1) is 0 Å². The molecule has 0 saturated carbocycles. The third-order valence-corrected chi connectivity index (χ3v) is 6.65. The Morgan fingerprint density at radius 1 is 1.00 bits per heavy atom. The van der Waals surface area contributed by atoms with Crippen LogP contribution in [0.4, 0.5) is 4.39 Å². The van der Waals surface area contributed by atoms with Gasteiger partial charge in [-0.3, -0.25) is 4.90 Å². The number of benzene rings is 2. The molecule has 5 nitrogen and oxygen atoms in total. The first-order valence-corrected chi connectivity index (χ1v) is 11.3. The molecule has 0 radical (unpaired) electrons. The summed E-state index contributed by atoms with van der Waals surface area (Å²) in [5.74, 6) is 1.12. The standard InChI is InChI=1S/C25H29FN4O/c26-22-10-4-8-20(16-22)24-27-25(31-28-24)21-9-5-13-30(17-21)23-12-15-29(18-23)14-11-19-6-2-1-3-7-19/h1-4,6-8,10,16,21,23H,5,9,11-15,17-18H2/t21-,23-/m0/s1. The normalized spacial score (nSPS) is 22.7. The van der Waals surface area contributed by atoms with Crippen molar-refractivity contribution in [2.75, 3.05) is 32.7 Å². The van der Waals surface area contributed by atoms with Gasteiger partial charge in [0.2, 0.25) is 11.7 Å². The maximum Gasteiger partial charge on any atom is 0.231 e. The van der Waals surface area contributed by atoms with E-state index in [-0.39, 0.29) is 11.7 Å². The summed E-state index contributed by atoms with van der Waals surface area (Å²) >= 11 is 0. The molecule has 162 valence electrons. The largest absolute Gasteiger partial charge is 0.339 e. The molecule has 5 rings (SSSR count).